The van der Waals surface area contributed by atoms with E-state index >= 15 is 0 Å². The Morgan fingerprint density at radius 2 is 1.03 bits per heavy atom. The number of benzene rings is 2. The van der Waals surface area contributed by atoms with Crippen LogP contribution in [-0.4, -0.2) is 50.8 Å². The summed E-state index contributed by atoms with van der Waals surface area (Å²) in [6.07, 6.45) is 0.784. The number of esters is 4. The van der Waals surface area contributed by atoms with Crippen molar-refractivity contribution in [3.8, 4) is 0 Å². The lowest BCUT2D eigenvalue weighted by atomic mass is 10.1. The van der Waals surface area contributed by atoms with Crippen molar-refractivity contribution in [2.24, 2.45) is 5.92 Å². The van der Waals surface area contributed by atoms with E-state index in [1.54, 1.807) is 43.3 Å². The van der Waals surface area contributed by atoms with Crippen molar-refractivity contribution in [1.82, 2.24) is 0 Å². The number of carbonyl (C=O) groups is 4. The Hall–Kier alpha value is -3.68. The molecule has 8 heteroatoms. The van der Waals surface area contributed by atoms with Crippen LogP contribution >= 0.6 is 0 Å². The van der Waals surface area contributed by atoms with Gasteiger partial charge in [0.15, 0.2) is 0 Å². The van der Waals surface area contributed by atoms with E-state index in [4.69, 9.17) is 14.2 Å². The Kier molecular flexibility index (Phi) is 12.7. The van der Waals surface area contributed by atoms with Crippen LogP contribution in [0.3, 0.4) is 0 Å². The first kappa shape index (κ1) is 28.4. The molecule has 0 saturated heterocycles. The van der Waals surface area contributed by atoms with Crippen LogP contribution < -0.4 is 0 Å². The lowest BCUT2D eigenvalue weighted by Crippen LogP contribution is -2.10. The Morgan fingerprint density at radius 1 is 0.647 bits per heavy atom. The number of hydrogen-bond acceptors (Lipinski definition) is 8. The van der Waals surface area contributed by atoms with Crippen molar-refractivity contribution in [2.75, 3.05) is 26.9 Å². The predicted octanol–water partition coefficient (Wildman–Crippen LogP) is 4.72. The van der Waals surface area contributed by atoms with Gasteiger partial charge in [-0.2, -0.15) is 0 Å². The molecule has 0 aliphatic rings. The van der Waals surface area contributed by atoms with E-state index in [-0.39, 0.29) is 17.9 Å². The molecule has 0 radical (unpaired) electrons. The summed E-state index contributed by atoms with van der Waals surface area (Å²) in [5, 5.41) is 0. The third kappa shape index (κ3) is 9.85. The summed E-state index contributed by atoms with van der Waals surface area (Å²) in [6, 6.07) is 12.4. The summed E-state index contributed by atoms with van der Waals surface area (Å²) in [5.74, 6) is -1.27. The normalized spacial score (nSPS) is 9.94. The molecule has 0 heterocycles. The predicted molar refractivity (Wildman–Crippen MR) is 126 cm³/mol. The highest BCUT2D eigenvalue weighted by atomic mass is 16.5. The summed E-state index contributed by atoms with van der Waals surface area (Å²) in [6.45, 7) is 8.72. The van der Waals surface area contributed by atoms with E-state index in [0.29, 0.717) is 48.0 Å². The van der Waals surface area contributed by atoms with Gasteiger partial charge in [0.25, 0.3) is 0 Å². The maximum atomic E-state index is 11.6. The average molecular weight is 473 g/mol. The van der Waals surface area contributed by atoms with Crippen molar-refractivity contribution in [3.63, 3.8) is 0 Å². The van der Waals surface area contributed by atoms with Crippen LogP contribution in [-0.2, 0) is 18.9 Å². The summed E-state index contributed by atoms with van der Waals surface area (Å²) in [7, 11) is 1.31. The molecule has 0 fully saturated rings. The zero-order valence-corrected chi connectivity index (χ0v) is 20.3. The van der Waals surface area contributed by atoms with Gasteiger partial charge in [-0.3, -0.25) is 0 Å². The van der Waals surface area contributed by atoms with Crippen molar-refractivity contribution in [2.45, 2.75) is 34.1 Å². The Morgan fingerprint density at radius 3 is 1.38 bits per heavy atom. The van der Waals surface area contributed by atoms with Crippen LogP contribution in [0.5, 0.6) is 0 Å². The topological polar surface area (TPSA) is 105 Å². The van der Waals surface area contributed by atoms with Crippen LogP contribution in [0.4, 0.5) is 0 Å². The average Bonchev–Trinajstić information content (AvgIpc) is 2.86. The first-order valence-corrected chi connectivity index (χ1v) is 11.0. The fourth-order valence-electron chi connectivity index (χ4n) is 2.42. The maximum Gasteiger partial charge on any atom is 0.338 e. The molecule has 184 valence electrons. The zero-order chi connectivity index (χ0) is 25.5. The molecule has 0 amide bonds. The van der Waals surface area contributed by atoms with Gasteiger partial charge >= 0.3 is 23.9 Å². The molecule has 0 bridgehead atoms. The molecule has 0 spiro atoms. The fourth-order valence-corrected chi connectivity index (χ4v) is 2.42. The van der Waals surface area contributed by atoms with Gasteiger partial charge in [0, 0.05) is 0 Å². The summed E-state index contributed by atoms with van der Waals surface area (Å²) in [5.41, 5.74) is 1.71. The molecule has 2 aromatic carbocycles. The number of ether oxygens (including phenoxy) is 4. The summed E-state index contributed by atoms with van der Waals surface area (Å²) < 4.78 is 19.4. The van der Waals surface area contributed by atoms with Gasteiger partial charge in [-0.1, -0.05) is 20.8 Å². The minimum atomic E-state index is -0.424. The maximum absolute atomic E-state index is 11.6. The SMILES string of the molecule is CCCOC(=O)c1ccc(C(=O)OCC)cc1.COC(=O)c1ccc(C(=O)OCC(C)C)cc1. The molecule has 0 aliphatic carbocycles. The zero-order valence-electron chi connectivity index (χ0n) is 20.3. The van der Waals surface area contributed by atoms with E-state index in [1.807, 2.05) is 20.8 Å². The minimum Gasteiger partial charge on any atom is -0.465 e. The molecule has 2 rings (SSSR count). The van der Waals surface area contributed by atoms with Crippen LogP contribution in [0.25, 0.3) is 0 Å². The number of methoxy groups -OCH3 is 1. The standard InChI is InChI=1S/2C13H16O4/c1-9(2)8-17-13(15)11-6-4-10(5-7-11)12(14)16-3;1-3-9-17-13(15)11-7-5-10(6-8-11)12(14)16-4-2/h4-7,9H,8H2,1-3H3;5-8H,3-4,9H2,1-2H3. The molecule has 2 aromatic rings. The van der Waals surface area contributed by atoms with Gasteiger partial charge in [-0.15, -0.1) is 0 Å². The van der Waals surface area contributed by atoms with Gasteiger partial charge < -0.3 is 18.9 Å². The van der Waals surface area contributed by atoms with Crippen LogP contribution in [0.2, 0.25) is 0 Å². The third-order valence-electron chi connectivity index (χ3n) is 4.16. The molecular weight excluding hydrogens is 440 g/mol. The second-order valence-electron chi connectivity index (χ2n) is 7.49. The number of hydrogen-bond donors (Lipinski definition) is 0. The van der Waals surface area contributed by atoms with Crippen LogP contribution in [0, 0.1) is 5.92 Å². The van der Waals surface area contributed by atoms with Crippen molar-refractivity contribution in [3.05, 3.63) is 70.8 Å². The largest absolute Gasteiger partial charge is 0.465 e. The first-order valence-electron chi connectivity index (χ1n) is 11.0. The Balaban J connectivity index is 0.000000340. The van der Waals surface area contributed by atoms with Crippen molar-refractivity contribution in [1.29, 1.82) is 0 Å². The lowest BCUT2D eigenvalue weighted by molar-refractivity contribution is 0.0456. The van der Waals surface area contributed by atoms with E-state index in [9.17, 15) is 19.2 Å². The van der Waals surface area contributed by atoms with Gasteiger partial charge in [-0.05, 0) is 67.8 Å². The molecule has 8 nitrogen and oxygen atoms in total. The second kappa shape index (κ2) is 15.2. The van der Waals surface area contributed by atoms with E-state index in [1.165, 1.54) is 19.2 Å². The highest BCUT2D eigenvalue weighted by Crippen LogP contribution is 2.09. The number of carbonyl (C=O) groups excluding carboxylic acids is 4. The van der Waals surface area contributed by atoms with E-state index in [0.717, 1.165) is 6.42 Å². The molecule has 0 aliphatic heterocycles. The second-order valence-corrected chi connectivity index (χ2v) is 7.49. The van der Waals surface area contributed by atoms with Gasteiger partial charge in [0.05, 0.1) is 49.2 Å². The Labute approximate surface area is 200 Å². The lowest BCUT2D eigenvalue weighted by Gasteiger charge is -2.07. The molecule has 0 saturated carbocycles. The van der Waals surface area contributed by atoms with Crippen molar-refractivity contribution >= 4 is 23.9 Å². The van der Waals surface area contributed by atoms with Crippen LogP contribution in [0.1, 0.15) is 75.5 Å². The quantitative estimate of drug-likeness (QED) is 0.381. The fraction of sp³-hybridized carbons (Fsp3) is 0.385. The number of rotatable bonds is 9. The molecule has 0 N–H and O–H groups in total. The highest BCUT2D eigenvalue weighted by Gasteiger charge is 2.11. The summed E-state index contributed by atoms with van der Waals surface area (Å²) in [4.78, 5) is 45.6. The first-order chi connectivity index (χ1) is 16.2. The minimum absolute atomic E-state index is 0.299. The molecular formula is C26H32O8. The highest BCUT2D eigenvalue weighted by molar-refractivity contribution is 5.94. The van der Waals surface area contributed by atoms with Gasteiger partial charge in [0.1, 0.15) is 0 Å². The van der Waals surface area contributed by atoms with Gasteiger partial charge in [0.2, 0.25) is 0 Å². The smallest absolute Gasteiger partial charge is 0.338 e. The molecule has 34 heavy (non-hydrogen) atoms. The van der Waals surface area contributed by atoms with Crippen molar-refractivity contribution < 1.29 is 38.1 Å². The van der Waals surface area contributed by atoms with Gasteiger partial charge in [-0.25, -0.2) is 19.2 Å². The Bertz CT molecular complexity index is 930. The van der Waals surface area contributed by atoms with Crippen LogP contribution in [0.15, 0.2) is 48.5 Å². The van der Waals surface area contributed by atoms with E-state index in [2.05, 4.69) is 4.74 Å². The third-order valence-corrected chi connectivity index (χ3v) is 4.16. The summed E-state index contributed by atoms with van der Waals surface area (Å²) >= 11 is 0. The van der Waals surface area contributed by atoms with E-state index < -0.39 is 5.97 Å². The molecule has 0 atom stereocenters. The molecule has 0 unspecified atom stereocenters. The monoisotopic (exact) mass is 472 g/mol. The molecule has 0 aromatic heterocycles.